The number of carbonyl (C=O) groups is 1. The van der Waals surface area contributed by atoms with Crippen LogP contribution in [0.15, 0.2) is 0 Å². The number of alkyl halides is 1. The lowest BCUT2D eigenvalue weighted by Crippen LogP contribution is -2.35. The first-order valence-corrected chi connectivity index (χ1v) is 6.24. The lowest BCUT2D eigenvalue weighted by Gasteiger charge is -2.14. The van der Waals surface area contributed by atoms with Crippen molar-refractivity contribution >= 4 is 27.6 Å². The Bertz CT molecular complexity index is 277. The van der Waals surface area contributed by atoms with E-state index in [9.17, 15) is 13.2 Å². The van der Waals surface area contributed by atoms with Gasteiger partial charge in [0.25, 0.3) is 0 Å². The van der Waals surface area contributed by atoms with Gasteiger partial charge in [-0.15, -0.1) is 11.6 Å². The van der Waals surface area contributed by atoms with Gasteiger partial charge in [-0.05, 0) is 6.92 Å². The molecule has 0 N–H and O–H groups in total. The molecule has 0 aliphatic carbocycles. The van der Waals surface area contributed by atoms with E-state index in [1.807, 2.05) is 0 Å². The number of hydrogen-bond donors (Lipinski definition) is 0. The maximum Gasteiger partial charge on any atom is 0.321 e. The Labute approximate surface area is 89.0 Å². The molecule has 0 aliphatic rings. The van der Waals surface area contributed by atoms with Crippen molar-refractivity contribution in [3.8, 4) is 0 Å². The number of sulfonamides is 1. The van der Waals surface area contributed by atoms with E-state index in [4.69, 9.17) is 11.6 Å². The molecule has 14 heavy (non-hydrogen) atoms. The summed E-state index contributed by atoms with van der Waals surface area (Å²) in [6, 6.07) is 0. The molecule has 0 fully saturated rings. The molecule has 0 spiro atoms. The fourth-order valence-corrected chi connectivity index (χ4v) is 2.13. The smallest absolute Gasteiger partial charge is 0.321 e. The average molecular weight is 244 g/mol. The van der Waals surface area contributed by atoms with Gasteiger partial charge in [0, 0.05) is 12.9 Å². The maximum atomic E-state index is 11.3. The van der Waals surface area contributed by atoms with Crippen LogP contribution in [0.4, 0.5) is 0 Å². The summed E-state index contributed by atoms with van der Waals surface area (Å²) in [6.45, 7) is 1.63. The van der Waals surface area contributed by atoms with Crippen molar-refractivity contribution in [3.05, 3.63) is 0 Å². The Kier molecular flexibility index (Phi) is 6.06. The summed E-state index contributed by atoms with van der Waals surface area (Å²) in [5.74, 6) is -0.729. The molecular weight excluding hydrogens is 230 g/mol. The Morgan fingerprint density at radius 3 is 2.50 bits per heavy atom. The van der Waals surface area contributed by atoms with Crippen LogP contribution in [0.1, 0.15) is 6.92 Å². The predicted molar refractivity (Wildman–Crippen MR) is 53.8 cm³/mol. The lowest BCUT2D eigenvalue weighted by atomic mass is 10.6. The van der Waals surface area contributed by atoms with Crippen LogP contribution in [0, 0.1) is 0 Å². The van der Waals surface area contributed by atoms with Crippen molar-refractivity contribution in [1.82, 2.24) is 4.31 Å². The van der Waals surface area contributed by atoms with Crippen LogP contribution in [0.25, 0.3) is 0 Å². The summed E-state index contributed by atoms with van der Waals surface area (Å²) in [6.07, 6.45) is 0. The molecule has 0 bridgehead atoms. The van der Waals surface area contributed by atoms with Gasteiger partial charge in [-0.3, -0.25) is 4.79 Å². The fourth-order valence-electron chi connectivity index (χ4n) is 0.740. The summed E-state index contributed by atoms with van der Waals surface area (Å²) in [4.78, 5) is 10.9. The molecule has 0 atom stereocenters. The number of hydrogen-bond acceptors (Lipinski definition) is 4. The zero-order chi connectivity index (χ0) is 11.2. The van der Waals surface area contributed by atoms with Crippen LogP contribution in [0.3, 0.4) is 0 Å². The molecule has 5 nitrogen and oxygen atoms in total. The van der Waals surface area contributed by atoms with Gasteiger partial charge in [0.2, 0.25) is 10.0 Å². The van der Waals surface area contributed by atoms with Crippen LogP contribution in [-0.4, -0.2) is 50.5 Å². The highest BCUT2D eigenvalue weighted by molar-refractivity contribution is 7.89. The van der Waals surface area contributed by atoms with Crippen molar-refractivity contribution < 1.29 is 17.9 Å². The first-order valence-electron chi connectivity index (χ1n) is 4.09. The Balaban J connectivity index is 4.20. The molecule has 0 amide bonds. The average Bonchev–Trinajstić information content (AvgIpc) is 2.04. The minimum absolute atomic E-state index is 0.00942. The van der Waals surface area contributed by atoms with Crippen molar-refractivity contribution in [1.29, 1.82) is 0 Å². The number of nitrogens with zero attached hydrogens (tertiary/aromatic N) is 1. The summed E-state index contributed by atoms with van der Waals surface area (Å²) in [7, 11) is -2.10. The van der Waals surface area contributed by atoms with E-state index in [0.29, 0.717) is 0 Å². The standard InChI is InChI=1S/C7H14ClNO4S/c1-3-13-7(10)6-9(2)14(11,12)5-4-8/h3-6H2,1-2H3. The highest BCUT2D eigenvalue weighted by atomic mass is 35.5. The largest absolute Gasteiger partial charge is 0.465 e. The maximum absolute atomic E-state index is 11.3. The molecule has 0 rings (SSSR count). The molecule has 0 heterocycles. The number of ether oxygens (including phenoxy) is 1. The molecule has 0 radical (unpaired) electrons. The minimum Gasteiger partial charge on any atom is -0.465 e. The Morgan fingerprint density at radius 1 is 1.50 bits per heavy atom. The van der Waals surface area contributed by atoms with E-state index in [2.05, 4.69) is 4.74 Å². The van der Waals surface area contributed by atoms with Gasteiger partial charge in [0.15, 0.2) is 0 Å². The molecule has 0 aliphatic heterocycles. The summed E-state index contributed by atoms with van der Waals surface area (Å²) < 4.78 is 28.2. The number of esters is 1. The molecule has 0 unspecified atom stereocenters. The number of halogens is 1. The molecule has 0 saturated carbocycles. The van der Waals surface area contributed by atoms with Gasteiger partial charge < -0.3 is 4.74 Å². The van der Waals surface area contributed by atoms with E-state index in [-0.39, 0.29) is 24.8 Å². The number of carbonyl (C=O) groups excluding carboxylic acids is 1. The van der Waals surface area contributed by atoms with Crippen molar-refractivity contribution in [2.24, 2.45) is 0 Å². The van der Waals surface area contributed by atoms with Gasteiger partial charge in [-0.25, -0.2) is 8.42 Å². The second kappa shape index (κ2) is 6.21. The van der Waals surface area contributed by atoms with E-state index in [1.165, 1.54) is 7.05 Å². The van der Waals surface area contributed by atoms with Gasteiger partial charge in [0.05, 0.1) is 12.4 Å². The Morgan fingerprint density at radius 2 is 2.07 bits per heavy atom. The fraction of sp³-hybridized carbons (Fsp3) is 0.857. The number of likely N-dealkylation sites (N-methyl/N-ethyl adjacent to an activating group) is 1. The highest BCUT2D eigenvalue weighted by Gasteiger charge is 2.20. The second-order valence-corrected chi connectivity index (χ2v) is 5.14. The van der Waals surface area contributed by atoms with Gasteiger partial charge in [0.1, 0.15) is 6.54 Å². The summed E-state index contributed by atoms with van der Waals surface area (Å²) in [5.41, 5.74) is 0. The van der Waals surface area contributed by atoms with Gasteiger partial charge in [-0.2, -0.15) is 4.31 Å². The van der Waals surface area contributed by atoms with Crippen molar-refractivity contribution in [2.75, 3.05) is 31.8 Å². The topological polar surface area (TPSA) is 63.7 Å². The quantitative estimate of drug-likeness (QED) is 0.489. The van der Waals surface area contributed by atoms with E-state index in [0.717, 1.165) is 4.31 Å². The lowest BCUT2D eigenvalue weighted by molar-refractivity contribution is -0.143. The third-order valence-electron chi connectivity index (χ3n) is 1.47. The summed E-state index contributed by atoms with van der Waals surface area (Å²) in [5, 5.41) is 0. The van der Waals surface area contributed by atoms with Crippen LogP contribution < -0.4 is 0 Å². The van der Waals surface area contributed by atoms with Crippen molar-refractivity contribution in [3.63, 3.8) is 0 Å². The zero-order valence-corrected chi connectivity index (χ0v) is 9.77. The van der Waals surface area contributed by atoms with Gasteiger partial charge >= 0.3 is 5.97 Å². The molecular formula is C7H14ClNO4S. The first kappa shape index (κ1) is 13.7. The third-order valence-corrected chi connectivity index (χ3v) is 3.68. The molecule has 0 aromatic carbocycles. The first-order chi connectivity index (χ1) is 6.44. The molecule has 0 aromatic heterocycles. The van der Waals surface area contributed by atoms with E-state index >= 15 is 0 Å². The van der Waals surface area contributed by atoms with E-state index in [1.54, 1.807) is 6.92 Å². The van der Waals surface area contributed by atoms with Crippen LogP contribution in [0.2, 0.25) is 0 Å². The molecule has 84 valence electrons. The Hall–Kier alpha value is -0.330. The zero-order valence-electron chi connectivity index (χ0n) is 8.19. The van der Waals surface area contributed by atoms with Crippen LogP contribution in [-0.2, 0) is 19.6 Å². The van der Waals surface area contributed by atoms with Crippen LogP contribution >= 0.6 is 11.6 Å². The SMILES string of the molecule is CCOC(=O)CN(C)S(=O)(=O)CCCl. The third kappa shape index (κ3) is 4.78. The second-order valence-electron chi connectivity index (χ2n) is 2.57. The normalized spacial score (nSPS) is 11.7. The highest BCUT2D eigenvalue weighted by Crippen LogP contribution is 1.99. The monoisotopic (exact) mass is 243 g/mol. The van der Waals surface area contributed by atoms with Gasteiger partial charge in [-0.1, -0.05) is 0 Å². The molecule has 7 heteroatoms. The summed E-state index contributed by atoms with van der Waals surface area (Å²) >= 11 is 5.31. The predicted octanol–water partition coefficient (Wildman–Crippen LogP) is 0.0499. The number of rotatable bonds is 6. The van der Waals surface area contributed by atoms with Crippen molar-refractivity contribution in [2.45, 2.75) is 6.92 Å². The van der Waals surface area contributed by atoms with E-state index < -0.39 is 16.0 Å². The minimum atomic E-state index is -3.42. The molecule has 0 aromatic rings. The van der Waals surface area contributed by atoms with Crippen LogP contribution in [0.5, 0.6) is 0 Å². The molecule has 0 saturated heterocycles.